The Hall–Kier alpha value is -1.76. The number of hydrogen-bond acceptors (Lipinski definition) is 1. The number of benzene rings is 2. The van der Waals surface area contributed by atoms with Crippen LogP contribution in [0.2, 0.25) is 0 Å². The highest BCUT2D eigenvalue weighted by Gasteiger charge is 2.41. The predicted octanol–water partition coefficient (Wildman–Crippen LogP) is 4.30. The summed E-state index contributed by atoms with van der Waals surface area (Å²) in [5, 5.41) is 0. The fourth-order valence-electron chi connectivity index (χ4n) is 2.87. The van der Waals surface area contributed by atoms with Gasteiger partial charge in [-0.2, -0.15) is 0 Å². The summed E-state index contributed by atoms with van der Waals surface area (Å²) in [5.74, 6) is 1.34. The van der Waals surface area contributed by atoms with Crippen LogP contribution in [-0.4, -0.2) is 5.60 Å². The van der Waals surface area contributed by atoms with Crippen molar-refractivity contribution >= 4 is 0 Å². The van der Waals surface area contributed by atoms with Gasteiger partial charge in [0.05, 0.1) is 5.92 Å². The molecule has 0 bridgehead atoms. The number of ether oxygens (including phenoxy) is 1. The van der Waals surface area contributed by atoms with Crippen molar-refractivity contribution in [1.29, 1.82) is 0 Å². The molecule has 0 radical (unpaired) electrons. The maximum atomic E-state index is 6.09. The first-order valence-corrected chi connectivity index (χ1v) is 6.42. The third-order valence-corrected chi connectivity index (χ3v) is 3.71. The highest BCUT2D eigenvalue weighted by atomic mass is 16.5. The molecule has 18 heavy (non-hydrogen) atoms. The van der Waals surface area contributed by atoms with Crippen LogP contribution < -0.4 is 4.74 Å². The second kappa shape index (κ2) is 3.88. The zero-order valence-electron chi connectivity index (χ0n) is 11.1. The van der Waals surface area contributed by atoms with Crippen molar-refractivity contribution in [2.45, 2.75) is 32.3 Å². The fraction of sp³-hybridized carbons (Fsp3) is 0.294. The smallest absolute Gasteiger partial charge is 0.124 e. The monoisotopic (exact) mass is 238 g/mol. The summed E-state index contributed by atoms with van der Waals surface area (Å²) in [6, 6.07) is 17.1. The molecule has 0 amide bonds. The largest absolute Gasteiger partial charge is 0.487 e. The van der Waals surface area contributed by atoms with Crippen LogP contribution in [0, 0.1) is 6.92 Å². The van der Waals surface area contributed by atoms with Crippen LogP contribution in [0.1, 0.15) is 36.5 Å². The van der Waals surface area contributed by atoms with E-state index in [1.54, 1.807) is 0 Å². The van der Waals surface area contributed by atoms with Gasteiger partial charge in [-0.05, 0) is 32.4 Å². The van der Waals surface area contributed by atoms with Crippen LogP contribution in [0.5, 0.6) is 5.75 Å². The van der Waals surface area contributed by atoms with Crippen molar-refractivity contribution in [1.82, 2.24) is 0 Å². The van der Waals surface area contributed by atoms with Crippen molar-refractivity contribution in [3.8, 4) is 5.75 Å². The van der Waals surface area contributed by atoms with E-state index in [0.29, 0.717) is 5.92 Å². The van der Waals surface area contributed by atoms with E-state index in [2.05, 4.69) is 63.2 Å². The second-order valence-electron chi connectivity index (χ2n) is 5.59. The van der Waals surface area contributed by atoms with Gasteiger partial charge in [-0.3, -0.25) is 0 Å². The van der Waals surface area contributed by atoms with Gasteiger partial charge in [-0.1, -0.05) is 48.0 Å². The van der Waals surface area contributed by atoms with Gasteiger partial charge < -0.3 is 4.74 Å². The zero-order chi connectivity index (χ0) is 12.8. The van der Waals surface area contributed by atoms with Gasteiger partial charge in [0.1, 0.15) is 11.4 Å². The summed E-state index contributed by atoms with van der Waals surface area (Å²) in [6.45, 7) is 6.45. The molecule has 1 aliphatic heterocycles. The molecule has 92 valence electrons. The Labute approximate surface area is 108 Å². The summed E-state index contributed by atoms with van der Waals surface area (Å²) in [4.78, 5) is 0. The van der Waals surface area contributed by atoms with Gasteiger partial charge in [0.25, 0.3) is 0 Å². The summed E-state index contributed by atoms with van der Waals surface area (Å²) in [7, 11) is 0. The molecule has 1 heterocycles. The average Bonchev–Trinajstić information content (AvgIpc) is 2.60. The van der Waals surface area contributed by atoms with E-state index in [9.17, 15) is 0 Å². The predicted molar refractivity (Wildman–Crippen MR) is 74.2 cm³/mol. The first-order valence-electron chi connectivity index (χ1n) is 6.42. The van der Waals surface area contributed by atoms with E-state index in [-0.39, 0.29) is 5.60 Å². The van der Waals surface area contributed by atoms with Gasteiger partial charge in [-0.25, -0.2) is 0 Å². The first-order chi connectivity index (χ1) is 8.58. The lowest BCUT2D eigenvalue weighted by molar-refractivity contribution is 0.122. The molecule has 0 N–H and O–H groups in total. The maximum absolute atomic E-state index is 6.09. The number of aryl methyl sites for hydroxylation is 1. The normalized spacial score (nSPS) is 20.3. The summed E-state index contributed by atoms with van der Waals surface area (Å²) < 4.78 is 6.09. The first kappa shape index (κ1) is 11.3. The van der Waals surface area contributed by atoms with Gasteiger partial charge in [0, 0.05) is 5.56 Å². The molecular weight excluding hydrogens is 220 g/mol. The van der Waals surface area contributed by atoms with Crippen molar-refractivity contribution in [3.63, 3.8) is 0 Å². The quantitative estimate of drug-likeness (QED) is 0.719. The van der Waals surface area contributed by atoms with Gasteiger partial charge in [0.15, 0.2) is 0 Å². The molecule has 0 saturated carbocycles. The Morgan fingerprint density at radius 2 is 1.61 bits per heavy atom. The van der Waals surface area contributed by atoms with Crippen LogP contribution in [-0.2, 0) is 0 Å². The lowest BCUT2D eigenvalue weighted by Gasteiger charge is -2.27. The second-order valence-corrected chi connectivity index (χ2v) is 5.59. The minimum absolute atomic E-state index is 0.182. The van der Waals surface area contributed by atoms with Crippen LogP contribution >= 0.6 is 0 Å². The van der Waals surface area contributed by atoms with Crippen LogP contribution in [0.25, 0.3) is 0 Å². The Bertz CT molecular complexity index is 566. The molecule has 1 unspecified atom stereocenters. The molecular formula is C17H18O. The van der Waals surface area contributed by atoms with Crippen molar-refractivity contribution in [2.75, 3.05) is 0 Å². The van der Waals surface area contributed by atoms with Crippen LogP contribution in [0.3, 0.4) is 0 Å². The van der Waals surface area contributed by atoms with E-state index < -0.39 is 0 Å². The van der Waals surface area contributed by atoms with Gasteiger partial charge in [-0.15, -0.1) is 0 Å². The SMILES string of the molecule is Cc1ccc(C2c3ccccc3OC2(C)C)cc1. The Morgan fingerprint density at radius 3 is 2.33 bits per heavy atom. The number of rotatable bonds is 1. The van der Waals surface area contributed by atoms with Crippen molar-refractivity contribution in [3.05, 3.63) is 65.2 Å². The number of para-hydroxylation sites is 1. The molecule has 2 aromatic rings. The minimum Gasteiger partial charge on any atom is -0.487 e. The van der Waals surface area contributed by atoms with Gasteiger partial charge in [0.2, 0.25) is 0 Å². The Balaban J connectivity index is 2.12. The maximum Gasteiger partial charge on any atom is 0.124 e. The third kappa shape index (κ3) is 1.71. The summed E-state index contributed by atoms with van der Waals surface area (Å²) in [5.41, 5.74) is 3.74. The molecule has 2 aromatic carbocycles. The highest BCUT2D eigenvalue weighted by molar-refractivity contribution is 5.48. The van der Waals surface area contributed by atoms with E-state index in [0.717, 1.165) is 5.75 Å². The van der Waals surface area contributed by atoms with E-state index in [1.165, 1.54) is 16.7 Å². The van der Waals surface area contributed by atoms with Crippen molar-refractivity contribution < 1.29 is 4.74 Å². The number of fused-ring (bicyclic) bond motifs is 1. The molecule has 1 aliphatic rings. The molecule has 1 heteroatoms. The standard InChI is InChI=1S/C17H18O/c1-12-8-10-13(11-9-12)16-14-6-4-5-7-15(14)18-17(16,2)3/h4-11,16H,1-3H3. The summed E-state index contributed by atoms with van der Waals surface area (Å²) >= 11 is 0. The Kier molecular flexibility index (Phi) is 2.44. The molecule has 3 rings (SSSR count). The lowest BCUT2D eigenvalue weighted by atomic mass is 9.81. The van der Waals surface area contributed by atoms with E-state index in [4.69, 9.17) is 4.74 Å². The molecule has 0 aromatic heterocycles. The molecule has 1 nitrogen and oxygen atoms in total. The highest BCUT2D eigenvalue weighted by Crippen LogP contribution is 2.47. The molecule has 0 saturated heterocycles. The van der Waals surface area contributed by atoms with Crippen molar-refractivity contribution in [2.24, 2.45) is 0 Å². The minimum atomic E-state index is -0.182. The molecule has 0 fully saturated rings. The fourth-order valence-corrected chi connectivity index (χ4v) is 2.87. The summed E-state index contributed by atoms with van der Waals surface area (Å²) in [6.07, 6.45) is 0. The lowest BCUT2D eigenvalue weighted by Crippen LogP contribution is -2.30. The molecule has 0 spiro atoms. The molecule has 1 atom stereocenters. The van der Waals surface area contributed by atoms with Crippen LogP contribution in [0.15, 0.2) is 48.5 Å². The topological polar surface area (TPSA) is 9.23 Å². The van der Waals surface area contributed by atoms with Gasteiger partial charge >= 0.3 is 0 Å². The van der Waals surface area contributed by atoms with E-state index in [1.807, 2.05) is 6.07 Å². The number of hydrogen-bond donors (Lipinski definition) is 0. The van der Waals surface area contributed by atoms with E-state index >= 15 is 0 Å². The Morgan fingerprint density at radius 1 is 0.944 bits per heavy atom. The zero-order valence-corrected chi connectivity index (χ0v) is 11.1. The van der Waals surface area contributed by atoms with Crippen LogP contribution in [0.4, 0.5) is 0 Å². The molecule has 0 aliphatic carbocycles. The third-order valence-electron chi connectivity index (χ3n) is 3.71. The average molecular weight is 238 g/mol.